The number of piperazine rings is 1. The maximum atomic E-state index is 12.7. The topological polar surface area (TPSA) is 52.7 Å². The van der Waals surface area contributed by atoms with Gasteiger partial charge in [0, 0.05) is 37.9 Å². The molecule has 3 atom stereocenters. The van der Waals surface area contributed by atoms with Gasteiger partial charge >= 0.3 is 0 Å². The SMILES string of the molecule is CCC(C)NC(=O)C1CC1C(=O)N1CCN(c2cccc(C)c2)CC1. The molecule has 0 bridgehead atoms. The Morgan fingerprint density at radius 2 is 1.92 bits per heavy atom. The van der Waals surface area contributed by atoms with Crippen molar-refractivity contribution < 1.29 is 9.59 Å². The van der Waals surface area contributed by atoms with Gasteiger partial charge in [-0.2, -0.15) is 0 Å². The Bertz CT molecular complexity index is 638. The number of amides is 2. The first-order chi connectivity index (χ1) is 12.0. The summed E-state index contributed by atoms with van der Waals surface area (Å²) in [5.41, 5.74) is 2.48. The van der Waals surface area contributed by atoms with Crippen LogP contribution in [-0.4, -0.2) is 48.9 Å². The molecule has 1 N–H and O–H groups in total. The van der Waals surface area contributed by atoms with Crippen molar-refractivity contribution in [3.8, 4) is 0 Å². The Labute approximate surface area is 150 Å². The maximum absolute atomic E-state index is 12.7. The summed E-state index contributed by atoms with van der Waals surface area (Å²) in [6.45, 7) is 9.33. The van der Waals surface area contributed by atoms with Gasteiger partial charge in [0.05, 0.1) is 11.8 Å². The van der Waals surface area contributed by atoms with E-state index in [1.54, 1.807) is 0 Å². The highest BCUT2D eigenvalue weighted by molar-refractivity contribution is 5.92. The zero-order chi connectivity index (χ0) is 18.0. The molecular formula is C20H29N3O2. The van der Waals surface area contributed by atoms with Crippen LogP contribution in [0.1, 0.15) is 32.3 Å². The molecule has 136 valence electrons. The number of nitrogens with zero attached hydrogens (tertiary/aromatic N) is 2. The molecule has 3 unspecified atom stereocenters. The third-order valence-electron chi connectivity index (χ3n) is 5.40. The first-order valence-corrected chi connectivity index (χ1v) is 9.40. The van der Waals surface area contributed by atoms with Gasteiger partial charge in [-0.15, -0.1) is 0 Å². The number of benzene rings is 1. The normalized spacial score (nSPS) is 24.0. The number of nitrogens with one attached hydrogen (secondary N) is 1. The second-order valence-electron chi connectivity index (χ2n) is 7.42. The van der Waals surface area contributed by atoms with Crippen LogP contribution in [-0.2, 0) is 9.59 Å². The van der Waals surface area contributed by atoms with Crippen molar-refractivity contribution in [3.63, 3.8) is 0 Å². The Kier molecular flexibility index (Phi) is 5.30. The number of hydrogen-bond acceptors (Lipinski definition) is 3. The number of rotatable bonds is 5. The summed E-state index contributed by atoms with van der Waals surface area (Å²) in [6, 6.07) is 8.67. The summed E-state index contributed by atoms with van der Waals surface area (Å²) >= 11 is 0. The quantitative estimate of drug-likeness (QED) is 0.892. The second kappa shape index (κ2) is 7.46. The van der Waals surface area contributed by atoms with Crippen molar-refractivity contribution in [2.24, 2.45) is 11.8 Å². The summed E-state index contributed by atoms with van der Waals surface area (Å²) in [4.78, 5) is 29.1. The van der Waals surface area contributed by atoms with E-state index >= 15 is 0 Å². The lowest BCUT2D eigenvalue weighted by molar-refractivity contribution is -0.135. The van der Waals surface area contributed by atoms with E-state index in [1.807, 2.05) is 18.7 Å². The molecule has 1 aromatic rings. The Hall–Kier alpha value is -2.04. The van der Waals surface area contributed by atoms with Crippen molar-refractivity contribution in [2.45, 2.75) is 39.7 Å². The fourth-order valence-electron chi connectivity index (χ4n) is 3.45. The van der Waals surface area contributed by atoms with Crippen LogP contribution in [0.2, 0.25) is 0 Å². The monoisotopic (exact) mass is 343 g/mol. The first kappa shape index (κ1) is 17.8. The standard InChI is InChI=1S/C20H29N3O2/c1-4-15(3)21-19(24)17-13-18(17)20(25)23-10-8-22(9-11-23)16-7-5-6-14(2)12-16/h5-7,12,15,17-18H,4,8-11,13H2,1-3H3,(H,21,24). The molecule has 2 fully saturated rings. The zero-order valence-corrected chi connectivity index (χ0v) is 15.5. The summed E-state index contributed by atoms with van der Waals surface area (Å²) in [5.74, 6) is -0.00910. The fourth-order valence-corrected chi connectivity index (χ4v) is 3.45. The van der Waals surface area contributed by atoms with E-state index in [9.17, 15) is 9.59 Å². The van der Waals surface area contributed by atoms with E-state index in [-0.39, 0.29) is 29.7 Å². The van der Waals surface area contributed by atoms with Crippen molar-refractivity contribution in [1.29, 1.82) is 0 Å². The van der Waals surface area contributed by atoms with Crippen LogP contribution >= 0.6 is 0 Å². The molecule has 1 saturated carbocycles. The first-order valence-electron chi connectivity index (χ1n) is 9.40. The number of anilines is 1. The molecule has 1 saturated heterocycles. The average Bonchev–Trinajstić information content (AvgIpc) is 3.42. The lowest BCUT2D eigenvalue weighted by atomic mass is 10.1. The van der Waals surface area contributed by atoms with Crippen LogP contribution in [0, 0.1) is 18.8 Å². The van der Waals surface area contributed by atoms with Gasteiger partial charge in [-0.05, 0) is 44.4 Å². The molecule has 1 aliphatic heterocycles. The molecule has 0 radical (unpaired) electrons. The molecule has 0 aromatic heterocycles. The minimum absolute atomic E-state index is 0.0473. The van der Waals surface area contributed by atoms with E-state index in [1.165, 1.54) is 11.3 Å². The molecule has 3 rings (SSSR count). The molecular weight excluding hydrogens is 314 g/mol. The van der Waals surface area contributed by atoms with E-state index in [2.05, 4.69) is 41.4 Å². The second-order valence-corrected chi connectivity index (χ2v) is 7.42. The van der Waals surface area contributed by atoms with E-state index in [0.717, 1.165) is 32.6 Å². The maximum Gasteiger partial charge on any atom is 0.226 e. The van der Waals surface area contributed by atoms with Gasteiger partial charge in [0.2, 0.25) is 11.8 Å². The largest absolute Gasteiger partial charge is 0.368 e. The van der Waals surface area contributed by atoms with Crippen molar-refractivity contribution >= 4 is 17.5 Å². The number of aryl methyl sites for hydroxylation is 1. The van der Waals surface area contributed by atoms with Crippen LogP contribution in [0.5, 0.6) is 0 Å². The zero-order valence-electron chi connectivity index (χ0n) is 15.5. The highest BCUT2D eigenvalue weighted by Gasteiger charge is 2.49. The predicted octanol–water partition coefficient (Wildman–Crippen LogP) is 2.19. The summed E-state index contributed by atoms with van der Waals surface area (Å²) in [6.07, 6.45) is 1.62. The molecule has 25 heavy (non-hydrogen) atoms. The Morgan fingerprint density at radius 3 is 2.56 bits per heavy atom. The minimum atomic E-state index is -0.115. The van der Waals surface area contributed by atoms with Gasteiger partial charge in [-0.3, -0.25) is 9.59 Å². The molecule has 5 heteroatoms. The summed E-state index contributed by atoms with van der Waals surface area (Å²) in [5, 5.41) is 3.00. The summed E-state index contributed by atoms with van der Waals surface area (Å²) in [7, 11) is 0. The lowest BCUT2D eigenvalue weighted by Crippen LogP contribution is -2.49. The van der Waals surface area contributed by atoms with Gasteiger partial charge in [0.25, 0.3) is 0 Å². The van der Waals surface area contributed by atoms with Gasteiger partial charge in [-0.1, -0.05) is 19.1 Å². The van der Waals surface area contributed by atoms with Crippen molar-refractivity contribution in [2.75, 3.05) is 31.1 Å². The van der Waals surface area contributed by atoms with Crippen LogP contribution in [0.15, 0.2) is 24.3 Å². The molecule has 2 aliphatic rings. The Morgan fingerprint density at radius 1 is 1.20 bits per heavy atom. The van der Waals surface area contributed by atoms with Crippen molar-refractivity contribution in [3.05, 3.63) is 29.8 Å². The highest BCUT2D eigenvalue weighted by atomic mass is 16.2. The van der Waals surface area contributed by atoms with Crippen LogP contribution < -0.4 is 10.2 Å². The van der Waals surface area contributed by atoms with Crippen LogP contribution in [0.4, 0.5) is 5.69 Å². The minimum Gasteiger partial charge on any atom is -0.368 e. The smallest absolute Gasteiger partial charge is 0.226 e. The van der Waals surface area contributed by atoms with Crippen molar-refractivity contribution in [1.82, 2.24) is 10.2 Å². The number of carbonyl (C=O) groups is 2. The number of hydrogen-bond donors (Lipinski definition) is 1. The van der Waals surface area contributed by atoms with Crippen LogP contribution in [0.3, 0.4) is 0 Å². The molecule has 1 heterocycles. The fraction of sp³-hybridized carbons (Fsp3) is 0.600. The van der Waals surface area contributed by atoms with Gasteiger partial charge < -0.3 is 15.1 Å². The predicted molar refractivity (Wildman–Crippen MR) is 99.5 cm³/mol. The van der Waals surface area contributed by atoms with Gasteiger partial charge in [-0.25, -0.2) is 0 Å². The van der Waals surface area contributed by atoms with E-state index < -0.39 is 0 Å². The molecule has 0 spiro atoms. The van der Waals surface area contributed by atoms with Crippen LogP contribution in [0.25, 0.3) is 0 Å². The van der Waals surface area contributed by atoms with E-state index in [0.29, 0.717) is 6.42 Å². The Balaban J connectivity index is 1.49. The van der Waals surface area contributed by atoms with E-state index in [4.69, 9.17) is 0 Å². The highest BCUT2D eigenvalue weighted by Crippen LogP contribution is 2.40. The third kappa shape index (κ3) is 4.14. The third-order valence-corrected chi connectivity index (χ3v) is 5.40. The number of carbonyl (C=O) groups excluding carboxylic acids is 2. The average molecular weight is 343 g/mol. The molecule has 5 nitrogen and oxygen atoms in total. The van der Waals surface area contributed by atoms with Gasteiger partial charge in [0.15, 0.2) is 0 Å². The summed E-state index contributed by atoms with van der Waals surface area (Å²) < 4.78 is 0. The molecule has 1 aromatic carbocycles. The lowest BCUT2D eigenvalue weighted by Gasteiger charge is -2.36. The molecule has 1 aliphatic carbocycles. The van der Waals surface area contributed by atoms with Gasteiger partial charge in [0.1, 0.15) is 0 Å². The molecule has 2 amide bonds.